The Morgan fingerprint density at radius 3 is 2.26 bits per heavy atom. The number of hydrogen-bond donors (Lipinski definition) is 1. The Morgan fingerprint density at radius 1 is 1.08 bits per heavy atom. The summed E-state index contributed by atoms with van der Waals surface area (Å²) in [7, 11) is -4.66. The van der Waals surface area contributed by atoms with Crippen molar-refractivity contribution in [3.8, 4) is 11.6 Å². The van der Waals surface area contributed by atoms with E-state index in [1.165, 1.54) is 4.72 Å². The zero-order chi connectivity index (χ0) is 28.7. The summed E-state index contributed by atoms with van der Waals surface area (Å²) >= 11 is 11.7. The minimum atomic E-state index is -5.85. The number of carbonyl (C=O) groups is 1. The molecule has 19 heteroatoms. The van der Waals surface area contributed by atoms with Gasteiger partial charge in [-0.2, -0.15) is 34.7 Å². The number of benzene rings is 1. The molecule has 210 valence electrons. The molecule has 0 saturated carbocycles. The molecule has 1 saturated heterocycles. The number of pyridine rings is 1. The second-order valence-corrected chi connectivity index (χ2v) is 10.2. The number of aromatic nitrogens is 1. The molecule has 1 aromatic carbocycles. The third kappa shape index (κ3) is 6.86. The average Bonchev–Trinajstić information content (AvgIpc) is 2.75. The van der Waals surface area contributed by atoms with Gasteiger partial charge in [-0.1, -0.05) is 23.2 Å². The van der Waals surface area contributed by atoms with Crippen LogP contribution in [0.25, 0.3) is 0 Å². The Kier molecular flexibility index (Phi) is 8.27. The maximum Gasteiger partial charge on any atom is 0.456 e. The van der Waals surface area contributed by atoms with Gasteiger partial charge in [0.2, 0.25) is 5.88 Å². The molecule has 1 aromatic heterocycles. The van der Waals surface area contributed by atoms with Crippen molar-refractivity contribution in [3.63, 3.8) is 0 Å². The van der Waals surface area contributed by atoms with Gasteiger partial charge in [0, 0.05) is 16.7 Å². The number of nitrogens with one attached hydrogen (secondary N) is 1. The first-order valence-electron chi connectivity index (χ1n) is 9.85. The zero-order valence-corrected chi connectivity index (χ0v) is 20.6. The van der Waals surface area contributed by atoms with Crippen molar-refractivity contribution in [2.24, 2.45) is 0 Å². The summed E-state index contributed by atoms with van der Waals surface area (Å²) in [6.07, 6.45) is -5.00. The Balaban J connectivity index is 1.63. The van der Waals surface area contributed by atoms with Crippen LogP contribution in [-0.2, 0) is 16.8 Å². The fraction of sp³-hybridized carbons (Fsp3) is 0.368. The zero-order valence-electron chi connectivity index (χ0n) is 18.3. The van der Waals surface area contributed by atoms with Crippen LogP contribution in [0.2, 0.25) is 10.0 Å². The van der Waals surface area contributed by atoms with E-state index in [2.05, 4.69) is 9.72 Å². The van der Waals surface area contributed by atoms with Crippen LogP contribution < -0.4 is 14.2 Å². The molecule has 8 nitrogen and oxygen atoms in total. The van der Waals surface area contributed by atoms with Crippen molar-refractivity contribution in [2.45, 2.75) is 24.6 Å². The largest absolute Gasteiger partial charge is 0.487 e. The maximum atomic E-state index is 14.5. The van der Waals surface area contributed by atoms with Gasteiger partial charge in [-0.15, -0.1) is 0 Å². The molecule has 0 atom stereocenters. The highest BCUT2D eigenvalue weighted by Gasteiger charge is 2.58. The Morgan fingerprint density at radius 2 is 1.71 bits per heavy atom. The van der Waals surface area contributed by atoms with Crippen LogP contribution in [0, 0.1) is 5.82 Å². The van der Waals surface area contributed by atoms with Crippen molar-refractivity contribution < 1.29 is 57.8 Å². The molecule has 1 aliphatic rings. The predicted molar refractivity (Wildman–Crippen MR) is 114 cm³/mol. The number of rotatable bonds is 9. The standard InChI is InChI=1S/C19H13Cl2F8N3O5S/c20-12-3-11(15(33)31-38(34,35)32-6-17(23,24)7-32)14(22)1-9(12)5-36-10-2-13(21)16(30-4-10)37-8-18(25,26)19(27,28)29/h1-4H,5-8H2,(H,31,33). The van der Waals surface area contributed by atoms with E-state index in [0.717, 1.165) is 18.3 Å². The lowest BCUT2D eigenvalue weighted by molar-refractivity contribution is -0.290. The average molecular weight is 618 g/mol. The van der Waals surface area contributed by atoms with Gasteiger partial charge in [0.05, 0.1) is 24.8 Å². The lowest BCUT2D eigenvalue weighted by atomic mass is 10.1. The third-order valence-electron chi connectivity index (χ3n) is 4.74. The normalized spacial score (nSPS) is 16.1. The summed E-state index contributed by atoms with van der Waals surface area (Å²) in [6.45, 7) is -4.88. The van der Waals surface area contributed by atoms with Gasteiger partial charge >= 0.3 is 22.3 Å². The van der Waals surface area contributed by atoms with Crippen LogP contribution in [-0.4, -0.2) is 61.3 Å². The molecule has 3 rings (SSSR count). The molecule has 0 unspecified atom stereocenters. The van der Waals surface area contributed by atoms with Gasteiger partial charge in [-0.25, -0.2) is 22.9 Å². The van der Waals surface area contributed by atoms with E-state index in [-0.39, 0.29) is 20.6 Å². The van der Waals surface area contributed by atoms with Crippen LogP contribution >= 0.6 is 23.2 Å². The molecule has 38 heavy (non-hydrogen) atoms. The van der Waals surface area contributed by atoms with Gasteiger partial charge in [0.1, 0.15) is 23.2 Å². The van der Waals surface area contributed by atoms with Crippen LogP contribution in [0.4, 0.5) is 35.1 Å². The number of carbonyl (C=O) groups excluding carboxylic acids is 1. The van der Waals surface area contributed by atoms with Gasteiger partial charge in [-0.05, 0) is 12.1 Å². The SMILES string of the molecule is O=C(NS(=O)(=O)N1CC(F)(F)C1)c1cc(Cl)c(COc2cnc(OCC(F)(F)C(F)(F)F)c(Cl)c2)cc1F. The first kappa shape index (κ1) is 29.9. The molecule has 1 aliphatic heterocycles. The van der Waals surface area contributed by atoms with E-state index >= 15 is 0 Å². The van der Waals surface area contributed by atoms with Crippen molar-refractivity contribution in [1.29, 1.82) is 0 Å². The molecule has 2 aromatic rings. The number of hydrogen-bond acceptors (Lipinski definition) is 6. The Hall–Kier alpha value is -2.63. The monoisotopic (exact) mass is 617 g/mol. The molecular formula is C19H13Cl2F8N3O5S. The summed E-state index contributed by atoms with van der Waals surface area (Å²) in [4.78, 5) is 15.7. The highest BCUT2D eigenvalue weighted by atomic mass is 35.5. The smallest absolute Gasteiger partial charge is 0.456 e. The van der Waals surface area contributed by atoms with Crippen molar-refractivity contribution in [2.75, 3.05) is 19.7 Å². The third-order valence-corrected chi connectivity index (χ3v) is 6.74. The first-order valence-corrected chi connectivity index (χ1v) is 12.0. The summed E-state index contributed by atoms with van der Waals surface area (Å²) in [5, 5.41) is -0.774. The fourth-order valence-electron chi connectivity index (χ4n) is 2.74. The maximum absolute atomic E-state index is 14.5. The summed E-state index contributed by atoms with van der Waals surface area (Å²) in [5.74, 6) is -12.1. The van der Waals surface area contributed by atoms with Crippen molar-refractivity contribution >= 4 is 39.3 Å². The minimum absolute atomic E-state index is 0.0766. The second-order valence-electron chi connectivity index (χ2n) is 7.72. The number of halogens is 10. The van der Waals surface area contributed by atoms with E-state index in [1.807, 2.05) is 0 Å². The molecule has 1 N–H and O–H groups in total. The number of amides is 1. The minimum Gasteiger partial charge on any atom is -0.487 e. The predicted octanol–water partition coefficient (Wildman–Crippen LogP) is 4.61. The van der Waals surface area contributed by atoms with Crippen LogP contribution in [0.5, 0.6) is 11.6 Å². The highest BCUT2D eigenvalue weighted by molar-refractivity contribution is 7.87. The van der Waals surface area contributed by atoms with Gasteiger partial charge in [-0.3, -0.25) is 4.79 Å². The second kappa shape index (κ2) is 10.5. The fourth-order valence-corrected chi connectivity index (χ4v) is 4.36. The van der Waals surface area contributed by atoms with Crippen molar-refractivity contribution in [1.82, 2.24) is 14.0 Å². The van der Waals surface area contributed by atoms with E-state index in [1.54, 1.807) is 0 Å². The molecule has 0 spiro atoms. The molecule has 1 amide bonds. The molecular weight excluding hydrogens is 605 g/mol. The molecule has 1 fully saturated rings. The van der Waals surface area contributed by atoms with E-state index in [9.17, 15) is 48.3 Å². The number of nitrogens with zero attached hydrogens (tertiary/aromatic N) is 2. The van der Waals surface area contributed by atoms with Crippen molar-refractivity contribution in [3.05, 3.63) is 51.4 Å². The lowest BCUT2D eigenvalue weighted by Gasteiger charge is -2.37. The molecule has 0 bridgehead atoms. The molecule has 0 aliphatic carbocycles. The highest BCUT2D eigenvalue weighted by Crippen LogP contribution is 2.37. The van der Waals surface area contributed by atoms with Gasteiger partial charge in [0.15, 0.2) is 6.61 Å². The van der Waals surface area contributed by atoms with Gasteiger partial charge < -0.3 is 9.47 Å². The number of alkyl halides is 7. The molecule has 0 radical (unpaired) electrons. The van der Waals surface area contributed by atoms with Crippen LogP contribution in [0.1, 0.15) is 15.9 Å². The van der Waals surface area contributed by atoms with Gasteiger partial charge in [0.25, 0.3) is 11.8 Å². The van der Waals surface area contributed by atoms with E-state index < -0.39 is 82.7 Å². The number of ether oxygens (including phenoxy) is 2. The van der Waals surface area contributed by atoms with Crippen LogP contribution in [0.15, 0.2) is 24.4 Å². The van der Waals surface area contributed by atoms with E-state index in [4.69, 9.17) is 27.9 Å². The Bertz CT molecular complexity index is 1340. The Labute approximate surface area is 218 Å². The topological polar surface area (TPSA) is 97.8 Å². The first-order chi connectivity index (χ1) is 17.3. The summed E-state index contributed by atoms with van der Waals surface area (Å²) < 4.78 is 138. The van der Waals surface area contributed by atoms with Crippen LogP contribution in [0.3, 0.4) is 0 Å². The summed E-state index contributed by atoms with van der Waals surface area (Å²) in [5.41, 5.74) is -0.899. The lowest BCUT2D eigenvalue weighted by Crippen LogP contribution is -2.61. The molecule has 2 heterocycles. The quantitative estimate of drug-likeness (QED) is 0.413. The van der Waals surface area contributed by atoms with E-state index in [0.29, 0.717) is 6.07 Å². The summed E-state index contributed by atoms with van der Waals surface area (Å²) in [6, 6.07) is 2.42.